The Morgan fingerprint density at radius 1 is 1.15 bits per heavy atom. The maximum Gasteiger partial charge on any atom is 0.337 e. The molecular weight excluding hydrogens is 358 g/mol. The summed E-state index contributed by atoms with van der Waals surface area (Å²) in [4.78, 5) is 28.3. The molecule has 0 bridgehead atoms. The van der Waals surface area contributed by atoms with Crippen molar-refractivity contribution in [2.24, 2.45) is 0 Å². The fraction of sp³-hybridized carbons (Fsp3) is 0.278. The number of hydrogen-bond acceptors (Lipinski definition) is 6. The molecule has 0 spiro atoms. The first-order valence-electron chi connectivity index (χ1n) is 7.93. The minimum atomic E-state index is -0.511. The van der Waals surface area contributed by atoms with Crippen LogP contribution in [0.15, 0.2) is 36.5 Å². The normalized spacial score (nSPS) is 10.3. The molecule has 1 amide bonds. The van der Waals surface area contributed by atoms with E-state index in [4.69, 9.17) is 16.3 Å². The van der Waals surface area contributed by atoms with Gasteiger partial charge < -0.3 is 20.1 Å². The van der Waals surface area contributed by atoms with Crippen molar-refractivity contribution in [3.05, 3.63) is 52.7 Å². The number of nitrogens with zero attached hydrogens (tertiary/aromatic N) is 1. The second kappa shape index (κ2) is 9.74. The average Bonchev–Trinajstić information content (AvgIpc) is 2.66. The summed E-state index contributed by atoms with van der Waals surface area (Å²) in [6.45, 7) is 1.32. The third kappa shape index (κ3) is 5.44. The number of methoxy groups -OCH3 is 2. The maximum atomic E-state index is 12.5. The zero-order valence-electron chi connectivity index (χ0n) is 14.5. The van der Waals surface area contributed by atoms with Gasteiger partial charge in [-0.3, -0.25) is 4.79 Å². The SMILES string of the molecule is COCCCNc1cc(C(=O)Nc2cc(C(=O)OC)ccc2Cl)ccn1. The van der Waals surface area contributed by atoms with Gasteiger partial charge in [0.25, 0.3) is 5.91 Å². The van der Waals surface area contributed by atoms with Crippen LogP contribution in [0, 0.1) is 0 Å². The molecule has 0 saturated carbocycles. The summed E-state index contributed by atoms with van der Waals surface area (Å²) in [5.41, 5.74) is 1.03. The minimum Gasteiger partial charge on any atom is -0.465 e. The number of pyridine rings is 1. The first-order valence-corrected chi connectivity index (χ1v) is 8.31. The fourth-order valence-electron chi connectivity index (χ4n) is 2.16. The Balaban J connectivity index is 2.09. The number of carbonyl (C=O) groups excluding carboxylic acids is 2. The van der Waals surface area contributed by atoms with E-state index < -0.39 is 5.97 Å². The van der Waals surface area contributed by atoms with Gasteiger partial charge in [0.05, 0.1) is 23.4 Å². The van der Waals surface area contributed by atoms with Crippen molar-refractivity contribution in [3.63, 3.8) is 0 Å². The molecule has 2 rings (SSSR count). The Morgan fingerprint density at radius 3 is 2.69 bits per heavy atom. The Kier molecular flexibility index (Phi) is 7.37. The van der Waals surface area contributed by atoms with Gasteiger partial charge in [-0.05, 0) is 36.8 Å². The monoisotopic (exact) mass is 377 g/mol. The highest BCUT2D eigenvalue weighted by Crippen LogP contribution is 2.24. The van der Waals surface area contributed by atoms with E-state index in [0.29, 0.717) is 40.8 Å². The number of amides is 1. The third-order valence-corrected chi connectivity index (χ3v) is 3.82. The van der Waals surface area contributed by atoms with Gasteiger partial charge in [-0.2, -0.15) is 0 Å². The molecule has 2 N–H and O–H groups in total. The molecule has 1 aromatic carbocycles. The molecule has 0 unspecified atom stereocenters. The molecule has 0 aliphatic carbocycles. The second-order valence-electron chi connectivity index (χ2n) is 5.34. The van der Waals surface area contributed by atoms with E-state index in [2.05, 4.69) is 20.4 Å². The lowest BCUT2D eigenvalue weighted by atomic mass is 10.2. The predicted octanol–water partition coefficient (Wildman–Crippen LogP) is 3.22. The molecule has 0 aliphatic heterocycles. The van der Waals surface area contributed by atoms with Crippen molar-refractivity contribution in [1.82, 2.24) is 4.98 Å². The molecule has 0 atom stereocenters. The van der Waals surface area contributed by atoms with E-state index in [1.807, 2.05) is 0 Å². The predicted molar refractivity (Wildman–Crippen MR) is 100.0 cm³/mol. The standard InChI is InChI=1S/C18H20ClN3O4/c1-25-9-3-7-20-16-11-12(6-8-21-16)17(23)22-15-10-13(18(24)26-2)4-5-14(15)19/h4-6,8,10-11H,3,7,9H2,1-2H3,(H,20,21)(H,22,23). The third-order valence-electron chi connectivity index (χ3n) is 3.49. The van der Waals surface area contributed by atoms with Crippen LogP contribution in [0.25, 0.3) is 0 Å². The lowest BCUT2D eigenvalue weighted by Crippen LogP contribution is -2.14. The number of carbonyl (C=O) groups is 2. The average molecular weight is 378 g/mol. The van der Waals surface area contributed by atoms with Gasteiger partial charge in [-0.25, -0.2) is 9.78 Å². The van der Waals surface area contributed by atoms with Gasteiger partial charge in [-0.15, -0.1) is 0 Å². The van der Waals surface area contributed by atoms with E-state index in [0.717, 1.165) is 6.42 Å². The number of rotatable bonds is 8. The van der Waals surface area contributed by atoms with Crippen LogP contribution in [0.3, 0.4) is 0 Å². The quantitative estimate of drug-likeness (QED) is 0.542. The second-order valence-corrected chi connectivity index (χ2v) is 5.75. The summed E-state index contributed by atoms with van der Waals surface area (Å²) in [5.74, 6) is -0.289. The molecule has 0 aliphatic rings. The summed E-state index contributed by atoms with van der Waals surface area (Å²) >= 11 is 6.10. The highest BCUT2D eigenvalue weighted by atomic mass is 35.5. The van der Waals surface area contributed by atoms with E-state index in [-0.39, 0.29) is 5.91 Å². The summed E-state index contributed by atoms with van der Waals surface area (Å²) < 4.78 is 9.66. The molecule has 0 radical (unpaired) electrons. The Labute approximate surface area is 156 Å². The van der Waals surface area contributed by atoms with Gasteiger partial charge in [0, 0.05) is 32.0 Å². The van der Waals surface area contributed by atoms with Crippen molar-refractivity contribution in [3.8, 4) is 0 Å². The zero-order chi connectivity index (χ0) is 18.9. The summed E-state index contributed by atoms with van der Waals surface area (Å²) in [6, 6.07) is 7.75. The van der Waals surface area contributed by atoms with Crippen LogP contribution in [0.1, 0.15) is 27.1 Å². The van der Waals surface area contributed by atoms with Crippen LogP contribution < -0.4 is 10.6 Å². The highest BCUT2D eigenvalue weighted by molar-refractivity contribution is 6.34. The first-order chi connectivity index (χ1) is 12.5. The molecule has 26 heavy (non-hydrogen) atoms. The first kappa shape index (κ1) is 19.7. The molecule has 138 valence electrons. The van der Waals surface area contributed by atoms with Gasteiger partial charge in [-0.1, -0.05) is 11.6 Å². The molecular formula is C18H20ClN3O4. The number of esters is 1. The fourth-order valence-corrected chi connectivity index (χ4v) is 2.33. The number of hydrogen-bond donors (Lipinski definition) is 2. The van der Waals surface area contributed by atoms with Crippen molar-refractivity contribution in [2.75, 3.05) is 38.0 Å². The number of anilines is 2. The van der Waals surface area contributed by atoms with Crippen LogP contribution in [0.4, 0.5) is 11.5 Å². The van der Waals surface area contributed by atoms with Crippen molar-refractivity contribution in [1.29, 1.82) is 0 Å². The number of benzene rings is 1. The van der Waals surface area contributed by atoms with Gasteiger partial charge in [0.15, 0.2) is 0 Å². The maximum absolute atomic E-state index is 12.5. The van der Waals surface area contributed by atoms with Gasteiger partial charge >= 0.3 is 5.97 Å². The molecule has 0 fully saturated rings. The Hall–Kier alpha value is -2.64. The number of halogens is 1. The Morgan fingerprint density at radius 2 is 1.96 bits per heavy atom. The number of nitrogens with one attached hydrogen (secondary N) is 2. The van der Waals surface area contributed by atoms with Crippen LogP contribution in [0.2, 0.25) is 5.02 Å². The van der Waals surface area contributed by atoms with E-state index in [1.165, 1.54) is 25.3 Å². The van der Waals surface area contributed by atoms with Crippen molar-refractivity contribution in [2.45, 2.75) is 6.42 Å². The van der Waals surface area contributed by atoms with Crippen LogP contribution >= 0.6 is 11.6 Å². The van der Waals surface area contributed by atoms with Crippen molar-refractivity contribution >= 4 is 35.0 Å². The largest absolute Gasteiger partial charge is 0.465 e. The summed E-state index contributed by atoms with van der Waals surface area (Å²) in [6.07, 6.45) is 2.37. The van der Waals surface area contributed by atoms with E-state index in [9.17, 15) is 9.59 Å². The van der Waals surface area contributed by atoms with Crippen molar-refractivity contribution < 1.29 is 19.1 Å². The van der Waals surface area contributed by atoms with Crippen LogP contribution in [0.5, 0.6) is 0 Å². The van der Waals surface area contributed by atoms with Gasteiger partial charge in [0.1, 0.15) is 5.82 Å². The summed E-state index contributed by atoms with van der Waals surface area (Å²) in [5, 5.41) is 6.14. The zero-order valence-corrected chi connectivity index (χ0v) is 15.3. The molecule has 0 saturated heterocycles. The topological polar surface area (TPSA) is 89.6 Å². The minimum absolute atomic E-state index is 0.294. The molecule has 7 nitrogen and oxygen atoms in total. The molecule has 1 aromatic heterocycles. The van der Waals surface area contributed by atoms with E-state index >= 15 is 0 Å². The number of aromatic nitrogens is 1. The lowest BCUT2D eigenvalue weighted by Gasteiger charge is -2.10. The molecule has 2 aromatic rings. The Bertz CT molecular complexity index is 783. The van der Waals surface area contributed by atoms with Gasteiger partial charge in [0.2, 0.25) is 0 Å². The van der Waals surface area contributed by atoms with Crippen LogP contribution in [-0.4, -0.2) is 44.2 Å². The van der Waals surface area contributed by atoms with Crippen LogP contribution in [-0.2, 0) is 9.47 Å². The molecule has 8 heteroatoms. The number of ether oxygens (including phenoxy) is 2. The lowest BCUT2D eigenvalue weighted by molar-refractivity contribution is 0.0600. The smallest absolute Gasteiger partial charge is 0.337 e. The van der Waals surface area contributed by atoms with E-state index in [1.54, 1.807) is 25.4 Å². The summed E-state index contributed by atoms with van der Waals surface area (Å²) in [7, 11) is 2.93. The highest BCUT2D eigenvalue weighted by Gasteiger charge is 2.13. The molecule has 1 heterocycles.